The monoisotopic (exact) mass is 284 g/mol. The Bertz CT molecular complexity index is 425. The van der Waals surface area contributed by atoms with Crippen molar-refractivity contribution in [3.63, 3.8) is 0 Å². The van der Waals surface area contributed by atoms with Crippen molar-refractivity contribution >= 4 is 5.69 Å². The van der Waals surface area contributed by atoms with Crippen LogP contribution in [0.2, 0.25) is 0 Å². The number of ether oxygens (including phenoxy) is 2. The maximum Gasteiger partial charge on any atom is 0.146 e. The zero-order valence-electron chi connectivity index (χ0n) is 11.6. The quantitative estimate of drug-likeness (QED) is 0.814. The van der Waals surface area contributed by atoms with Crippen molar-refractivity contribution in [3.05, 3.63) is 24.0 Å². The van der Waals surface area contributed by atoms with Crippen LogP contribution in [0.5, 0.6) is 5.75 Å². The number of rotatable bonds is 6. The summed E-state index contributed by atoms with van der Waals surface area (Å²) < 4.78 is 23.9. The van der Waals surface area contributed by atoms with Gasteiger partial charge < -0.3 is 19.9 Å². The SMILES string of the molecule is COc1ccc(F)c(NCC(O)CN2CCOCC2)c1. The third-order valence-electron chi connectivity index (χ3n) is 3.27. The highest BCUT2D eigenvalue weighted by Gasteiger charge is 2.15. The molecule has 0 radical (unpaired) electrons. The van der Waals surface area contributed by atoms with Gasteiger partial charge in [-0.15, -0.1) is 0 Å². The van der Waals surface area contributed by atoms with Gasteiger partial charge in [0.15, 0.2) is 0 Å². The first kappa shape index (κ1) is 15.0. The Morgan fingerprint density at radius 3 is 2.90 bits per heavy atom. The zero-order valence-corrected chi connectivity index (χ0v) is 11.6. The Morgan fingerprint density at radius 1 is 1.45 bits per heavy atom. The second-order valence-corrected chi connectivity index (χ2v) is 4.79. The molecule has 0 spiro atoms. The number of halogens is 1. The van der Waals surface area contributed by atoms with Crippen molar-refractivity contribution in [2.45, 2.75) is 6.10 Å². The Kier molecular flexibility index (Phi) is 5.58. The topological polar surface area (TPSA) is 54.0 Å². The molecule has 1 atom stereocenters. The number of aliphatic hydroxyl groups excluding tert-OH is 1. The Balaban J connectivity index is 1.81. The molecular weight excluding hydrogens is 263 g/mol. The van der Waals surface area contributed by atoms with Crippen LogP contribution in [0, 0.1) is 5.82 Å². The summed E-state index contributed by atoms with van der Waals surface area (Å²) in [5, 5.41) is 12.9. The van der Waals surface area contributed by atoms with E-state index in [-0.39, 0.29) is 5.82 Å². The van der Waals surface area contributed by atoms with Crippen LogP contribution in [0.15, 0.2) is 18.2 Å². The summed E-state index contributed by atoms with van der Waals surface area (Å²) in [5.74, 6) is 0.223. The van der Waals surface area contributed by atoms with E-state index in [2.05, 4.69) is 10.2 Å². The minimum Gasteiger partial charge on any atom is -0.497 e. The number of hydrogen-bond acceptors (Lipinski definition) is 5. The van der Waals surface area contributed by atoms with Crippen LogP contribution in [0.4, 0.5) is 10.1 Å². The van der Waals surface area contributed by atoms with Crippen LogP contribution >= 0.6 is 0 Å². The Morgan fingerprint density at radius 2 is 2.20 bits per heavy atom. The molecule has 1 unspecified atom stereocenters. The molecule has 0 aliphatic carbocycles. The minimum absolute atomic E-state index is 0.293. The molecule has 6 heteroatoms. The molecular formula is C14H21FN2O3. The minimum atomic E-state index is -0.557. The molecule has 112 valence electrons. The smallest absolute Gasteiger partial charge is 0.146 e. The fraction of sp³-hybridized carbons (Fsp3) is 0.571. The molecule has 5 nitrogen and oxygen atoms in total. The number of methoxy groups -OCH3 is 1. The number of nitrogens with zero attached hydrogens (tertiary/aromatic N) is 1. The molecule has 1 saturated heterocycles. The molecule has 2 N–H and O–H groups in total. The molecule has 1 aromatic carbocycles. The number of aliphatic hydroxyl groups is 1. The van der Waals surface area contributed by atoms with Gasteiger partial charge in [0.1, 0.15) is 11.6 Å². The number of morpholine rings is 1. The van der Waals surface area contributed by atoms with Gasteiger partial charge in [0.2, 0.25) is 0 Å². The zero-order chi connectivity index (χ0) is 14.4. The molecule has 0 aromatic heterocycles. The number of hydrogen-bond donors (Lipinski definition) is 2. The largest absolute Gasteiger partial charge is 0.497 e. The van der Waals surface area contributed by atoms with Gasteiger partial charge >= 0.3 is 0 Å². The number of anilines is 1. The molecule has 1 aromatic rings. The highest BCUT2D eigenvalue weighted by molar-refractivity contribution is 5.49. The first-order chi connectivity index (χ1) is 9.69. The average molecular weight is 284 g/mol. The second-order valence-electron chi connectivity index (χ2n) is 4.79. The lowest BCUT2D eigenvalue weighted by Gasteiger charge is -2.28. The van der Waals surface area contributed by atoms with E-state index in [9.17, 15) is 9.50 Å². The maximum atomic E-state index is 13.6. The lowest BCUT2D eigenvalue weighted by Crippen LogP contribution is -2.42. The molecule has 1 fully saturated rings. The van der Waals surface area contributed by atoms with Gasteiger partial charge in [-0.05, 0) is 12.1 Å². The summed E-state index contributed by atoms with van der Waals surface area (Å²) in [6, 6.07) is 4.48. The number of β-amino-alcohol motifs (C(OH)–C–C–N with tert-alkyl or cyclic N) is 1. The molecule has 0 amide bonds. The second kappa shape index (κ2) is 7.42. The van der Waals surface area contributed by atoms with Crippen LogP contribution in [0.25, 0.3) is 0 Å². The van der Waals surface area contributed by atoms with Crippen molar-refractivity contribution in [1.82, 2.24) is 4.90 Å². The molecule has 0 bridgehead atoms. The summed E-state index contributed by atoms with van der Waals surface area (Å²) in [4.78, 5) is 2.14. The van der Waals surface area contributed by atoms with Gasteiger partial charge in [0.05, 0.1) is 32.1 Å². The lowest BCUT2D eigenvalue weighted by molar-refractivity contribution is 0.0171. The molecule has 0 saturated carbocycles. The predicted octanol–water partition coefficient (Wildman–Crippen LogP) is 0.939. The van der Waals surface area contributed by atoms with E-state index >= 15 is 0 Å². The normalized spacial score (nSPS) is 17.8. The average Bonchev–Trinajstić information content (AvgIpc) is 2.47. The van der Waals surface area contributed by atoms with Gasteiger partial charge in [0, 0.05) is 32.2 Å². The van der Waals surface area contributed by atoms with E-state index < -0.39 is 6.10 Å². The molecule has 1 heterocycles. The fourth-order valence-electron chi connectivity index (χ4n) is 2.14. The number of benzene rings is 1. The Labute approximate surface area is 118 Å². The summed E-state index contributed by atoms with van der Waals surface area (Å²) in [7, 11) is 1.53. The summed E-state index contributed by atoms with van der Waals surface area (Å²) >= 11 is 0. The molecule has 1 aliphatic rings. The third-order valence-corrected chi connectivity index (χ3v) is 3.27. The molecule has 20 heavy (non-hydrogen) atoms. The summed E-state index contributed by atoms with van der Waals surface area (Å²) in [5.41, 5.74) is 0.338. The van der Waals surface area contributed by atoms with E-state index in [0.717, 1.165) is 13.1 Å². The van der Waals surface area contributed by atoms with Crippen molar-refractivity contribution in [2.24, 2.45) is 0 Å². The highest BCUT2D eigenvalue weighted by Crippen LogP contribution is 2.20. The van der Waals surface area contributed by atoms with Crippen LogP contribution in [0.3, 0.4) is 0 Å². The summed E-state index contributed by atoms with van der Waals surface area (Å²) in [6.45, 7) is 3.90. The summed E-state index contributed by atoms with van der Waals surface area (Å²) in [6.07, 6.45) is -0.557. The van der Waals surface area contributed by atoms with Crippen molar-refractivity contribution in [1.29, 1.82) is 0 Å². The van der Waals surface area contributed by atoms with Crippen LogP contribution < -0.4 is 10.1 Å². The lowest BCUT2D eigenvalue weighted by atomic mass is 10.2. The number of nitrogens with one attached hydrogen (secondary N) is 1. The van der Waals surface area contributed by atoms with Gasteiger partial charge in [-0.1, -0.05) is 0 Å². The van der Waals surface area contributed by atoms with Gasteiger partial charge in [-0.2, -0.15) is 0 Å². The van der Waals surface area contributed by atoms with Gasteiger partial charge in [-0.25, -0.2) is 4.39 Å². The third kappa shape index (κ3) is 4.33. The Hall–Kier alpha value is -1.37. The van der Waals surface area contributed by atoms with Gasteiger partial charge in [0.25, 0.3) is 0 Å². The van der Waals surface area contributed by atoms with Crippen molar-refractivity contribution in [2.75, 3.05) is 51.8 Å². The standard InChI is InChI=1S/C14H21FN2O3/c1-19-12-2-3-13(15)14(8-12)16-9-11(18)10-17-4-6-20-7-5-17/h2-3,8,11,16,18H,4-7,9-10H2,1H3. The van der Waals surface area contributed by atoms with Crippen LogP contribution in [-0.4, -0.2) is 62.6 Å². The fourth-order valence-corrected chi connectivity index (χ4v) is 2.14. The van der Waals surface area contributed by atoms with E-state index in [1.807, 2.05) is 0 Å². The maximum absolute atomic E-state index is 13.6. The van der Waals surface area contributed by atoms with Crippen molar-refractivity contribution < 1.29 is 19.0 Å². The van der Waals surface area contributed by atoms with Crippen LogP contribution in [0.1, 0.15) is 0 Å². The van der Waals surface area contributed by atoms with Gasteiger partial charge in [-0.3, -0.25) is 4.90 Å². The van der Waals surface area contributed by atoms with E-state index in [4.69, 9.17) is 9.47 Å². The first-order valence-electron chi connectivity index (χ1n) is 6.74. The first-order valence-corrected chi connectivity index (χ1v) is 6.74. The predicted molar refractivity (Wildman–Crippen MR) is 74.7 cm³/mol. The molecule has 2 rings (SSSR count). The van der Waals surface area contributed by atoms with E-state index in [1.165, 1.54) is 13.2 Å². The van der Waals surface area contributed by atoms with Crippen molar-refractivity contribution in [3.8, 4) is 5.75 Å². The van der Waals surface area contributed by atoms with E-state index in [0.29, 0.717) is 37.7 Å². The van der Waals surface area contributed by atoms with E-state index in [1.54, 1.807) is 12.1 Å². The molecule has 1 aliphatic heterocycles. The van der Waals surface area contributed by atoms with Crippen LogP contribution in [-0.2, 0) is 4.74 Å². The highest BCUT2D eigenvalue weighted by atomic mass is 19.1.